The van der Waals surface area contributed by atoms with Gasteiger partial charge in [0.05, 0.1) is 0 Å². The molecule has 0 nitrogen and oxygen atoms in total. The second-order valence-electron chi connectivity index (χ2n) is 3.52. The molecule has 0 aliphatic carbocycles. The summed E-state index contributed by atoms with van der Waals surface area (Å²) in [5, 5.41) is 0. The Labute approximate surface area is 172 Å². The molecule has 21 heavy (non-hydrogen) atoms. The fraction of sp³-hybridized carbons (Fsp3) is 0.333. The van der Waals surface area contributed by atoms with Crippen molar-refractivity contribution in [3.8, 4) is 0 Å². The zero-order valence-electron chi connectivity index (χ0n) is 10.4. The molecule has 0 atom stereocenters. The molecule has 12 heteroatoms. The number of halogens is 6. The molecule has 0 aromatic heterocycles. The van der Waals surface area contributed by atoms with Crippen LogP contribution in [0.5, 0.6) is 0 Å². The number of rotatable bonds is 1. The predicted molar refractivity (Wildman–Crippen MR) is 54.1 cm³/mol. The summed E-state index contributed by atoms with van der Waals surface area (Å²) in [5.74, 6) is 0.659. The van der Waals surface area contributed by atoms with Crippen LogP contribution in [0.3, 0.4) is 0 Å². The molecule has 0 spiro atoms. The number of hydrogen-bond acceptors (Lipinski definition) is 0. The zero-order chi connectivity index (χ0) is 13.1. The molecular weight excluding hydrogens is 532 g/mol. The Balaban J connectivity index is -0.0000000442. The van der Waals surface area contributed by atoms with Gasteiger partial charge in [0, 0.05) is 85.3 Å². The number of benzene rings is 1. The first-order chi connectivity index (χ1) is 6.75. The van der Waals surface area contributed by atoms with E-state index in [9.17, 15) is 25.2 Å². The van der Waals surface area contributed by atoms with Crippen molar-refractivity contribution >= 4 is 7.81 Å². The van der Waals surface area contributed by atoms with E-state index in [1.807, 2.05) is 6.07 Å². The Bertz CT molecular complexity index is 330. The van der Waals surface area contributed by atoms with E-state index in [2.05, 4.69) is 38.1 Å². The third kappa shape index (κ3) is 44.9. The maximum absolute atomic E-state index is 10.7. The minimum atomic E-state index is -10.7. The fourth-order valence-electron chi connectivity index (χ4n) is 0.838. The molecule has 0 aliphatic rings. The Morgan fingerprint density at radius 1 is 0.667 bits per heavy atom. The van der Waals surface area contributed by atoms with Crippen LogP contribution in [0, 0.1) is 0 Å². The van der Waals surface area contributed by atoms with Crippen LogP contribution in [0.4, 0.5) is 25.2 Å². The quantitative estimate of drug-likeness (QED) is 0.225. The molecular formula is C9H12F6Fe5P-. The maximum atomic E-state index is 9.87. The first kappa shape index (κ1) is 38.4. The van der Waals surface area contributed by atoms with Gasteiger partial charge in [-0.05, 0) is 11.5 Å². The molecule has 0 aliphatic heterocycles. The van der Waals surface area contributed by atoms with Crippen LogP contribution >= 0.6 is 7.81 Å². The third-order valence-electron chi connectivity index (χ3n) is 1.47. The van der Waals surface area contributed by atoms with Gasteiger partial charge in [0.15, 0.2) is 0 Å². The van der Waals surface area contributed by atoms with E-state index in [-0.39, 0.29) is 85.3 Å². The molecule has 0 saturated carbocycles. The summed E-state index contributed by atoms with van der Waals surface area (Å²) in [7, 11) is -10.7. The topological polar surface area (TPSA) is 0 Å². The van der Waals surface area contributed by atoms with Crippen molar-refractivity contribution < 1.29 is 111 Å². The molecule has 136 valence electrons. The molecule has 1 rings (SSSR count). The van der Waals surface area contributed by atoms with Gasteiger partial charge in [0.2, 0.25) is 0 Å². The second kappa shape index (κ2) is 12.2. The van der Waals surface area contributed by atoms with Crippen molar-refractivity contribution in [2.45, 2.75) is 19.8 Å². The van der Waals surface area contributed by atoms with E-state index in [1.54, 1.807) is 0 Å². The SMILES string of the molecule is CC(C)c1ccccc1.F[P-](F)(F)(F)(F)F.[Fe].[Fe].[Fe].[Fe].[Fe]. The van der Waals surface area contributed by atoms with Crippen LogP contribution in [0.15, 0.2) is 30.3 Å². The molecule has 0 fully saturated rings. The summed E-state index contributed by atoms with van der Waals surface area (Å²) in [4.78, 5) is 0. The Morgan fingerprint density at radius 2 is 0.905 bits per heavy atom. The monoisotopic (exact) mass is 545 g/mol. The van der Waals surface area contributed by atoms with E-state index < -0.39 is 7.81 Å². The minimum Gasteiger partial charge on any atom is 0 e. The van der Waals surface area contributed by atoms with Crippen LogP contribution in [-0.2, 0) is 85.3 Å². The first-order valence-electron chi connectivity index (χ1n) is 4.37. The smallest absolute Gasteiger partial charge is 0 e. The Morgan fingerprint density at radius 3 is 1.05 bits per heavy atom. The first-order valence-corrected chi connectivity index (χ1v) is 6.40. The van der Waals surface area contributed by atoms with Gasteiger partial charge in [0.1, 0.15) is 0 Å². The molecule has 0 heterocycles. The van der Waals surface area contributed by atoms with Gasteiger partial charge in [-0.25, -0.2) is 0 Å². The number of hydrogen-bond donors (Lipinski definition) is 0. The van der Waals surface area contributed by atoms with Gasteiger partial charge in [0.25, 0.3) is 0 Å². The van der Waals surface area contributed by atoms with Crippen molar-refractivity contribution in [2.75, 3.05) is 0 Å². The molecule has 1 aromatic carbocycles. The largest absolute Gasteiger partial charge is 0 e. The predicted octanol–water partition coefficient (Wildman–Crippen LogP) is 6.18. The average molecular weight is 544 g/mol. The molecule has 0 amide bonds. The van der Waals surface area contributed by atoms with E-state index in [0.29, 0.717) is 5.92 Å². The van der Waals surface area contributed by atoms with Crippen LogP contribution in [0.25, 0.3) is 0 Å². The van der Waals surface area contributed by atoms with Gasteiger partial charge >= 0.3 is 33.0 Å². The van der Waals surface area contributed by atoms with Crippen molar-refractivity contribution in [1.29, 1.82) is 0 Å². The van der Waals surface area contributed by atoms with Crippen molar-refractivity contribution in [3.05, 3.63) is 35.9 Å². The van der Waals surface area contributed by atoms with Crippen molar-refractivity contribution in [3.63, 3.8) is 0 Å². The third-order valence-corrected chi connectivity index (χ3v) is 1.47. The second-order valence-corrected chi connectivity index (χ2v) is 5.44. The van der Waals surface area contributed by atoms with Crippen LogP contribution in [0.1, 0.15) is 25.3 Å². The minimum absolute atomic E-state index is 0. The molecule has 0 unspecified atom stereocenters. The fourth-order valence-corrected chi connectivity index (χ4v) is 0.838. The molecule has 0 saturated heterocycles. The summed E-state index contributed by atoms with van der Waals surface area (Å²) in [6.45, 7) is 4.41. The standard InChI is InChI=1S/C9H12.F6P.5Fe/c1-8(2)9-6-4-3-5-7-9;1-7(2,3,4,5)6;;;;;/h3-8H,1-2H3;;;;;;/q;-1;;;;;. The van der Waals surface area contributed by atoms with Gasteiger partial charge in [-0.15, -0.1) is 0 Å². The van der Waals surface area contributed by atoms with Crippen LogP contribution < -0.4 is 0 Å². The van der Waals surface area contributed by atoms with Gasteiger partial charge in [-0.2, -0.15) is 0 Å². The van der Waals surface area contributed by atoms with Crippen LogP contribution in [-0.4, -0.2) is 0 Å². The summed E-state index contributed by atoms with van der Waals surface area (Å²) in [5.41, 5.74) is 1.41. The summed E-state index contributed by atoms with van der Waals surface area (Å²) in [6.07, 6.45) is 0. The Kier molecular flexibility index (Phi) is 22.4. The van der Waals surface area contributed by atoms with Gasteiger partial charge in [-0.1, -0.05) is 44.2 Å². The molecule has 0 N–H and O–H groups in total. The van der Waals surface area contributed by atoms with Gasteiger partial charge < -0.3 is 0 Å². The summed E-state index contributed by atoms with van der Waals surface area (Å²) < 4.78 is 59.2. The van der Waals surface area contributed by atoms with E-state index in [4.69, 9.17) is 0 Å². The van der Waals surface area contributed by atoms with E-state index in [0.717, 1.165) is 0 Å². The van der Waals surface area contributed by atoms with Crippen LogP contribution in [0.2, 0.25) is 0 Å². The molecule has 0 bridgehead atoms. The Hall–Kier alpha value is 1.83. The zero-order valence-corrected chi connectivity index (χ0v) is 16.9. The van der Waals surface area contributed by atoms with Gasteiger partial charge in [-0.3, -0.25) is 0 Å². The summed E-state index contributed by atoms with van der Waals surface area (Å²) in [6, 6.07) is 10.5. The van der Waals surface area contributed by atoms with Crippen molar-refractivity contribution in [1.82, 2.24) is 0 Å². The maximum Gasteiger partial charge on any atom is 0 e. The average Bonchev–Trinajstić information content (AvgIpc) is 2.00. The van der Waals surface area contributed by atoms with E-state index >= 15 is 0 Å². The summed E-state index contributed by atoms with van der Waals surface area (Å²) >= 11 is 0. The molecule has 0 radical (unpaired) electrons. The van der Waals surface area contributed by atoms with E-state index in [1.165, 1.54) is 5.56 Å². The normalized spacial score (nSPS) is 12.0. The molecule has 1 aromatic rings. The van der Waals surface area contributed by atoms with Crippen molar-refractivity contribution in [2.24, 2.45) is 0 Å².